The van der Waals surface area contributed by atoms with Crippen molar-refractivity contribution in [3.63, 3.8) is 0 Å². The van der Waals surface area contributed by atoms with E-state index < -0.39 is 23.3 Å². The van der Waals surface area contributed by atoms with Crippen molar-refractivity contribution < 1.29 is 27.0 Å². The summed E-state index contributed by atoms with van der Waals surface area (Å²) in [6.45, 7) is 4.99. The number of hydrogen-bond acceptors (Lipinski definition) is 2. The Labute approximate surface area is 231 Å². The van der Waals surface area contributed by atoms with Crippen LogP contribution in [0.5, 0.6) is 11.5 Å². The zero-order chi connectivity index (χ0) is 28.0. The van der Waals surface area contributed by atoms with Crippen molar-refractivity contribution in [2.24, 2.45) is 0 Å². The lowest BCUT2D eigenvalue weighted by molar-refractivity contribution is 0.284. The molecular formula is C33H42F4O2. The first-order valence-electron chi connectivity index (χ1n) is 14.6. The smallest absolute Gasteiger partial charge is 0.201 e. The predicted octanol–water partition coefficient (Wildman–Crippen LogP) is 10.6. The van der Waals surface area contributed by atoms with E-state index in [1.807, 2.05) is 0 Å². The summed E-state index contributed by atoms with van der Waals surface area (Å²) in [6.07, 6.45) is 15.7. The highest BCUT2D eigenvalue weighted by atomic mass is 19.2. The molecule has 1 aliphatic carbocycles. The molecule has 0 amide bonds. The lowest BCUT2D eigenvalue weighted by atomic mass is 9.90. The summed E-state index contributed by atoms with van der Waals surface area (Å²) >= 11 is 0. The maximum Gasteiger partial charge on any atom is 0.201 e. The normalized spacial score (nSPS) is 13.3. The van der Waals surface area contributed by atoms with E-state index in [1.165, 1.54) is 43.5 Å². The number of benzene rings is 2. The summed E-state index contributed by atoms with van der Waals surface area (Å²) in [4.78, 5) is 0. The van der Waals surface area contributed by atoms with Crippen molar-refractivity contribution in [1.82, 2.24) is 0 Å². The third-order valence-corrected chi connectivity index (χ3v) is 7.18. The predicted molar refractivity (Wildman–Crippen MR) is 151 cm³/mol. The van der Waals surface area contributed by atoms with Crippen molar-refractivity contribution >= 4 is 11.1 Å². The Morgan fingerprint density at radius 3 is 1.28 bits per heavy atom. The summed E-state index contributed by atoms with van der Waals surface area (Å²) in [6, 6.07) is 5.96. The van der Waals surface area contributed by atoms with Crippen molar-refractivity contribution in [2.45, 2.75) is 97.3 Å². The second kappa shape index (κ2) is 16.4. The number of halogens is 4. The van der Waals surface area contributed by atoms with Gasteiger partial charge in [0, 0.05) is 11.1 Å². The fourth-order valence-electron chi connectivity index (χ4n) is 4.81. The Bertz CT molecular complexity index is 1120. The summed E-state index contributed by atoms with van der Waals surface area (Å²) in [5.74, 6) is -4.07. The molecule has 0 spiro atoms. The average Bonchev–Trinajstić information content (AvgIpc) is 2.95. The van der Waals surface area contributed by atoms with E-state index in [1.54, 1.807) is 12.2 Å². The van der Waals surface area contributed by atoms with Crippen LogP contribution in [0.15, 0.2) is 36.4 Å². The van der Waals surface area contributed by atoms with E-state index in [0.29, 0.717) is 24.4 Å². The average molecular weight is 547 g/mol. The van der Waals surface area contributed by atoms with E-state index in [9.17, 15) is 17.6 Å². The van der Waals surface area contributed by atoms with Gasteiger partial charge in [0.25, 0.3) is 0 Å². The molecule has 0 bridgehead atoms. The van der Waals surface area contributed by atoms with Crippen LogP contribution in [-0.4, -0.2) is 13.2 Å². The largest absolute Gasteiger partial charge is 0.490 e. The van der Waals surface area contributed by atoms with Gasteiger partial charge in [-0.2, -0.15) is 8.78 Å². The second-order valence-electron chi connectivity index (χ2n) is 10.2. The molecule has 0 atom stereocenters. The van der Waals surface area contributed by atoms with Gasteiger partial charge in [0.15, 0.2) is 23.1 Å². The zero-order valence-corrected chi connectivity index (χ0v) is 23.4. The van der Waals surface area contributed by atoms with Crippen LogP contribution in [0.3, 0.4) is 0 Å². The highest BCUT2D eigenvalue weighted by Gasteiger charge is 2.21. The van der Waals surface area contributed by atoms with E-state index in [-0.39, 0.29) is 35.5 Å². The van der Waals surface area contributed by atoms with Gasteiger partial charge in [-0.25, -0.2) is 8.78 Å². The monoisotopic (exact) mass is 546 g/mol. The molecule has 1 aliphatic rings. The minimum absolute atomic E-state index is 0.0849. The molecule has 39 heavy (non-hydrogen) atoms. The summed E-state index contributed by atoms with van der Waals surface area (Å²) < 4.78 is 70.1. The van der Waals surface area contributed by atoms with Gasteiger partial charge >= 0.3 is 0 Å². The minimum atomic E-state index is -0.999. The molecule has 0 N–H and O–H groups in total. The number of ether oxygens (including phenoxy) is 2. The molecule has 2 nitrogen and oxygen atoms in total. The molecule has 0 aliphatic heterocycles. The topological polar surface area (TPSA) is 18.5 Å². The van der Waals surface area contributed by atoms with Gasteiger partial charge in [-0.15, -0.1) is 0 Å². The standard InChI is InChI=1S/C33H42F4O2/c1-3-5-7-9-11-13-23-39-29-21-19-27(31(35)33(29)37)25-16-14-24(15-17-25)26-18-20-28(32(36)30(26)34)38-22-12-10-8-6-4-2/h14,17-21H,3-13,15-16,22-23H2,1-2H3. The third-order valence-electron chi connectivity index (χ3n) is 7.18. The lowest BCUT2D eigenvalue weighted by Gasteiger charge is -2.17. The molecule has 0 unspecified atom stereocenters. The van der Waals surface area contributed by atoms with Crippen LogP contribution in [0.2, 0.25) is 0 Å². The van der Waals surface area contributed by atoms with Crippen LogP contribution in [0.1, 0.15) is 108 Å². The maximum absolute atomic E-state index is 14.9. The second-order valence-corrected chi connectivity index (χ2v) is 10.2. The molecule has 2 aromatic rings. The molecule has 3 rings (SSSR count). The summed E-state index contributed by atoms with van der Waals surface area (Å²) in [7, 11) is 0. The number of rotatable bonds is 17. The molecular weight excluding hydrogens is 504 g/mol. The van der Waals surface area contributed by atoms with Crippen LogP contribution in [-0.2, 0) is 0 Å². The van der Waals surface area contributed by atoms with Crippen molar-refractivity contribution in [1.29, 1.82) is 0 Å². The van der Waals surface area contributed by atoms with Crippen LogP contribution in [0.25, 0.3) is 11.1 Å². The molecule has 6 heteroatoms. The number of hydrogen-bond donors (Lipinski definition) is 0. The van der Waals surface area contributed by atoms with Crippen molar-refractivity contribution in [3.05, 3.63) is 70.8 Å². The quantitative estimate of drug-likeness (QED) is 0.145. The highest BCUT2D eigenvalue weighted by molar-refractivity contribution is 5.78. The molecule has 0 saturated heterocycles. The molecule has 0 radical (unpaired) electrons. The fourth-order valence-corrected chi connectivity index (χ4v) is 4.81. The molecule has 214 valence electrons. The zero-order valence-electron chi connectivity index (χ0n) is 23.4. The van der Waals surface area contributed by atoms with Gasteiger partial charge in [-0.05, 0) is 61.1 Å². The van der Waals surface area contributed by atoms with Gasteiger partial charge in [0.1, 0.15) is 0 Å². The van der Waals surface area contributed by atoms with E-state index >= 15 is 0 Å². The Morgan fingerprint density at radius 2 is 0.897 bits per heavy atom. The van der Waals surface area contributed by atoms with Gasteiger partial charge < -0.3 is 9.47 Å². The minimum Gasteiger partial charge on any atom is -0.490 e. The molecule has 0 heterocycles. The Hall–Kier alpha value is -2.76. The number of allylic oxidation sites excluding steroid dienone is 4. The van der Waals surface area contributed by atoms with Crippen LogP contribution in [0.4, 0.5) is 17.6 Å². The molecule has 2 aromatic carbocycles. The Kier molecular flexibility index (Phi) is 12.9. The van der Waals surface area contributed by atoms with Crippen LogP contribution < -0.4 is 9.47 Å². The molecule has 0 aromatic heterocycles. The first-order valence-corrected chi connectivity index (χ1v) is 14.6. The SMILES string of the molecule is CCCCCCCCOc1ccc(C2=CCC(c3ccc(OCCCCCCC)c(F)c3F)=CC2)c(F)c1F. The first kappa shape index (κ1) is 30.8. The molecule has 0 fully saturated rings. The Balaban J connectivity index is 1.56. The lowest BCUT2D eigenvalue weighted by Crippen LogP contribution is -2.05. The van der Waals surface area contributed by atoms with Crippen LogP contribution in [0, 0.1) is 23.3 Å². The van der Waals surface area contributed by atoms with Crippen molar-refractivity contribution in [2.75, 3.05) is 13.2 Å². The third kappa shape index (κ3) is 8.87. The van der Waals surface area contributed by atoms with Gasteiger partial charge in [0.2, 0.25) is 11.6 Å². The van der Waals surface area contributed by atoms with E-state index in [2.05, 4.69) is 13.8 Å². The fraction of sp³-hybridized carbons (Fsp3) is 0.515. The van der Waals surface area contributed by atoms with Crippen molar-refractivity contribution in [3.8, 4) is 11.5 Å². The van der Waals surface area contributed by atoms with Gasteiger partial charge in [0.05, 0.1) is 13.2 Å². The van der Waals surface area contributed by atoms with Crippen LogP contribution >= 0.6 is 0 Å². The highest BCUT2D eigenvalue weighted by Crippen LogP contribution is 2.36. The van der Waals surface area contributed by atoms with Gasteiger partial charge in [-0.3, -0.25) is 0 Å². The van der Waals surface area contributed by atoms with E-state index in [0.717, 1.165) is 51.4 Å². The van der Waals surface area contributed by atoms with Gasteiger partial charge in [-0.1, -0.05) is 83.8 Å². The molecule has 0 saturated carbocycles. The Morgan fingerprint density at radius 1 is 0.513 bits per heavy atom. The van der Waals surface area contributed by atoms with E-state index in [4.69, 9.17) is 9.47 Å². The number of unbranched alkanes of at least 4 members (excludes halogenated alkanes) is 9. The maximum atomic E-state index is 14.9. The summed E-state index contributed by atoms with van der Waals surface area (Å²) in [5, 5.41) is 0. The first-order chi connectivity index (χ1) is 19.0. The summed E-state index contributed by atoms with van der Waals surface area (Å²) in [5.41, 5.74) is 1.51.